The predicted molar refractivity (Wildman–Crippen MR) is 43.0 cm³/mol. The van der Waals surface area contributed by atoms with Crippen molar-refractivity contribution in [3.05, 3.63) is 0 Å². The zero-order valence-electron chi connectivity index (χ0n) is 7.26. The Hall–Kier alpha value is -0.0400. The summed E-state index contributed by atoms with van der Waals surface area (Å²) in [6, 6.07) is 0. The lowest BCUT2D eigenvalue weighted by atomic mass is 9.99. The van der Waals surface area contributed by atoms with E-state index < -0.39 is 0 Å². The smallest absolute Gasteiger partial charge is 0.0605 e. The van der Waals surface area contributed by atoms with Crippen molar-refractivity contribution in [3.63, 3.8) is 0 Å². The molecule has 1 nitrogen and oxygen atoms in total. The molecule has 1 rings (SSSR count). The molecule has 10 heavy (non-hydrogen) atoms. The standard InChI is InChI=1S/C9H18O/c1-4-7(2)9-6-5-8(3)10-9/h7-9H,4-6H2,1-3H3/t7?,8-,9-/m0/s1. The molecule has 0 amide bonds. The molecule has 0 radical (unpaired) electrons. The molecule has 1 heteroatoms. The van der Waals surface area contributed by atoms with Gasteiger partial charge in [-0.2, -0.15) is 0 Å². The van der Waals surface area contributed by atoms with Crippen LogP contribution in [0.2, 0.25) is 0 Å². The highest BCUT2D eigenvalue weighted by Gasteiger charge is 2.25. The van der Waals surface area contributed by atoms with Crippen molar-refractivity contribution in [2.75, 3.05) is 0 Å². The zero-order valence-corrected chi connectivity index (χ0v) is 7.26. The Labute approximate surface area is 63.8 Å². The van der Waals surface area contributed by atoms with E-state index in [1.807, 2.05) is 0 Å². The average molecular weight is 142 g/mol. The highest BCUT2D eigenvalue weighted by molar-refractivity contribution is 4.74. The molecule has 0 saturated carbocycles. The predicted octanol–water partition coefficient (Wildman–Crippen LogP) is 2.60. The van der Waals surface area contributed by atoms with E-state index in [0.717, 1.165) is 5.92 Å². The summed E-state index contributed by atoms with van der Waals surface area (Å²) < 4.78 is 5.71. The SMILES string of the molecule is CCC(C)[C@@H]1CC[C@H](C)O1. The monoisotopic (exact) mass is 142 g/mol. The van der Waals surface area contributed by atoms with E-state index in [1.165, 1.54) is 19.3 Å². The maximum absolute atomic E-state index is 5.71. The topological polar surface area (TPSA) is 9.23 Å². The molecule has 0 aromatic rings. The van der Waals surface area contributed by atoms with E-state index in [0.29, 0.717) is 12.2 Å². The van der Waals surface area contributed by atoms with Crippen LogP contribution in [0.4, 0.5) is 0 Å². The Morgan fingerprint density at radius 3 is 2.60 bits per heavy atom. The van der Waals surface area contributed by atoms with Crippen LogP contribution in [0.25, 0.3) is 0 Å². The maximum Gasteiger partial charge on any atom is 0.0605 e. The van der Waals surface area contributed by atoms with Gasteiger partial charge in [0.15, 0.2) is 0 Å². The van der Waals surface area contributed by atoms with Gasteiger partial charge >= 0.3 is 0 Å². The molecule has 0 aromatic heterocycles. The molecular weight excluding hydrogens is 124 g/mol. The van der Waals surface area contributed by atoms with Gasteiger partial charge in [-0.15, -0.1) is 0 Å². The molecule has 60 valence electrons. The second-order valence-corrected chi connectivity index (χ2v) is 3.45. The lowest BCUT2D eigenvalue weighted by molar-refractivity contribution is 0.0232. The molecule has 1 aliphatic rings. The van der Waals surface area contributed by atoms with Gasteiger partial charge in [0.2, 0.25) is 0 Å². The average Bonchev–Trinajstić information content (AvgIpc) is 2.34. The normalized spacial score (nSPS) is 36.3. The fraction of sp³-hybridized carbons (Fsp3) is 1.00. The van der Waals surface area contributed by atoms with Gasteiger partial charge in [-0.3, -0.25) is 0 Å². The fourth-order valence-electron chi connectivity index (χ4n) is 1.51. The van der Waals surface area contributed by atoms with E-state index >= 15 is 0 Å². The molecular formula is C9H18O. The summed E-state index contributed by atoms with van der Waals surface area (Å²) in [7, 11) is 0. The Balaban J connectivity index is 2.29. The minimum Gasteiger partial charge on any atom is -0.375 e. The Kier molecular flexibility index (Phi) is 2.72. The van der Waals surface area contributed by atoms with Gasteiger partial charge in [-0.25, -0.2) is 0 Å². The third kappa shape index (κ3) is 1.72. The van der Waals surface area contributed by atoms with Crippen LogP contribution in [0.15, 0.2) is 0 Å². The van der Waals surface area contributed by atoms with E-state index in [1.54, 1.807) is 0 Å². The first-order valence-electron chi connectivity index (χ1n) is 4.39. The lowest BCUT2D eigenvalue weighted by Gasteiger charge is -2.17. The van der Waals surface area contributed by atoms with Crippen LogP contribution in [0.1, 0.15) is 40.0 Å². The van der Waals surface area contributed by atoms with Gasteiger partial charge < -0.3 is 4.74 Å². The van der Waals surface area contributed by atoms with Crippen LogP contribution in [-0.4, -0.2) is 12.2 Å². The molecule has 0 N–H and O–H groups in total. The van der Waals surface area contributed by atoms with Crippen molar-refractivity contribution in [2.24, 2.45) is 5.92 Å². The Morgan fingerprint density at radius 1 is 1.50 bits per heavy atom. The molecule has 1 heterocycles. The molecule has 1 aliphatic heterocycles. The molecule has 0 aliphatic carbocycles. The van der Waals surface area contributed by atoms with Crippen LogP contribution in [-0.2, 0) is 4.74 Å². The first kappa shape index (κ1) is 8.06. The first-order chi connectivity index (χ1) is 4.74. The first-order valence-corrected chi connectivity index (χ1v) is 4.39. The lowest BCUT2D eigenvalue weighted by Crippen LogP contribution is -2.16. The Morgan fingerprint density at radius 2 is 2.20 bits per heavy atom. The largest absolute Gasteiger partial charge is 0.375 e. The minimum absolute atomic E-state index is 0.513. The van der Waals surface area contributed by atoms with Crippen LogP contribution in [0, 0.1) is 5.92 Å². The van der Waals surface area contributed by atoms with Crippen molar-refractivity contribution < 1.29 is 4.74 Å². The van der Waals surface area contributed by atoms with Crippen molar-refractivity contribution >= 4 is 0 Å². The summed E-state index contributed by atoms with van der Waals surface area (Å²) in [6.45, 7) is 6.68. The molecule has 0 aromatic carbocycles. The number of rotatable bonds is 2. The summed E-state index contributed by atoms with van der Waals surface area (Å²) in [4.78, 5) is 0. The van der Waals surface area contributed by atoms with Gasteiger partial charge in [0.1, 0.15) is 0 Å². The van der Waals surface area contributed by atoms with Crippen molar-refractivity contribution in [1.29, 1.82) is 0 Å². The van der Waals surface area contributed by atoms with Gasteiger partial charge in [0.25, 0.3) is 0 Å². The van der Waals surface area contributed by atoms with Crippen molar-refractivity contribution in [2.45, 2.75) is 52.2 Å². The molecule has 1 unspecified atom stereocenters. The maximum atomic E-state index is 5.71. The molecule has 3 atom stereocenters. The second-order valence-electron chi connectivity index (χ2n) is 3.45. The molecule has 1 saturated heterocycles. The number of hydrogen-bond donors (Lipinski definition) is 0. The zero-order chi connectivity index (χ0) is 7.56. The third-order valence-electron chi connectivity index (χ3n) is 2.54. The molecule has 0 bridgehead atoms. The van der Waals surface area contributed by atoms with E-state index in [-0.39, 0.29) is 0 Å². The summed E-state index contributed by atoms with van der Waals surface area (Å²) >= 11 is 0. The summed E-state index contributed by atoms with van der Waals surface area (Å²) in [6.07, 6.45) is 4.85. The van der Waals surface area contributed by atoms with Gasteiger partial charge in [-0.1, -0.05) is 20.3 Å². The summed E-state index contributed by atoms with van der Waals surface area (Å²) in [5, 5.41) is 0. The van der Waals surface area contributed by atoms with Crippen LogP contribution in [0.3, 0.4) is 0 Å². The highest BCUT2D eigenvalue weighted by Crippen LogP contribution is 2.26. The van der Waals surface area contributed by atoms with E-state index in [2.05, 4.69) is 20.8 Å². The van der Waals surface area contributed by atoms with E-state index in [9.17, 15) is 0 Å². The number of ether oxygens (including phenoxy) is 1. The van der Waals surface area contributed by atoms with Gasteiger partial charge in [0, 0.05) is 0 Å². The summed E-state index contributed by atoms with van der Waals surface area (Å²) in [5.41, 5.74) is 0. The minimum atomic E-state index is 0.513. The van der Waals surface area contributed by atoms with E-state index in [4.69, 9.17) is 4.74 Å². The van der Waals surface area contributed by atoms with Crippen molar-refractivity contribution in [1.82, 2.24) is 0 Å². The van der Waals surface area contributed by atoms with Crippen molar-refractivity contribution in [3.8, 4) is 0 Å². The fourth-order valence-corrected chi connectivity index (χ4v) is 1.51. The molecule has 0 spiro atoms. The Bertz CT molecular complexity index is 101. The quantitative estimate of drug-likeness (QED) is 0.576. The number of hydrogen-bond acceptors (Lipinski definition) is 1. The van der Waals surface area contributed by atoms with Crippen LogP contribution < -0.4 is 0 Å². The summed E-state index contributed by atoms with van der Waals surface area (Å²) in [5.74, 6) is 0.755. The molecule has 1 fully saturated rings. The van der Waals surface area contributed by atoms with Gasteiger partial charge in [-0.05, 0) is 25.7 Å². The van der Waals surface area contributed by atoms with Crippen LogP contribution >= 0.6 is 0 Å². The second kappa shape index (κ2) is 3.38. The van der Waals surface area contributed by atoms with Gasteiger partial charge in [0.05, 0.1) is 12.2 Å². The third-order valence-corrected chi connectivity index (χ3v) is 2.54. The van der Waals surface area contributed by atoms with Crippen LogP contribution in [0.5, 0.6) is 0 Å². The highest BCUT2D eigenvalue weighted by atomic mass is 16.5.